The Kier molecular flexibility index (Phi) is 3.95. The highest BCUT2D eigenvalue weighted by atomic mass is 32.1. The number of hydrogen-bond donors (Lipinski definition) is 1. The number of imidazole rings is 1. The fourth-order valence-corrected chi connectivity index (χ4v) is 3.21. The van der Waals surface area contributed by atoms with Crippen LogP contribution in [0.4, 0.5) is 10.8 Å². The number of nitrogens with zero attached hydrogens (tertiary/aromatic N) is 4. The highest BCUT2D eigenvalue weighted by Gasteiger charge is 2.11. The van der Waals surface area contributed by atoms with Gasteiger partial charge in [-0.05, 0) is 12.1 Å². The monoisotopic (exact) mass is 353 g/mol. The number of ether oxygens (including phenoxy) is 2. The van der Waals surface area contributed by atoms with Gasteiger partial charge in [-0.3, -0.25) is 4.98 Å². The predicted octanol–water partition coefficient (Wildman–Crippen LogP) is 3.61. The molecule has 3 heterocycles. The summed E-state index contributed by atoms with van der Waals surface area (Å²) < 4.78 is 12.3. The summed E-state index contributed by atoms with van der Waals surface area (Å²) >= 11 is 1.46. The van der Waals surface area contributed by atoms with Crippen LogP contribution in [0.15, 0.2) is 48.9 Å². The van der Waals surface area contributed by atoms with Gasteiger partial charge in [-0.2, -0.15) is 0 Å². The van der Waals surface area contributed by atoms with Crippen molar-refractivity contribution in [2.24, 2.45) is 0 Å². The Morgan fingerprint density at radius 2 is 1.92 bits per heavy atom. The predicted molar refractivity (Wildman–Crippen MR) is 96.9 cm³/mol. The minimum Gasteiger partial charge on any atom is -0.497 e. The SMILES string of the molecule is COc1cc(Nc2nn3cc(-c4cccnc4)nc3s2)cc(OC)c1. The lowest BCUT2D eigenvalue weighted by atomic mass is 10.2. The number of pyridine rings is 1. The van der Waals surface area contributed by atoms with Crippen molar-refractivity contribution in [3.63, 3.8) is 0 Å². The molecule has 0 saturated carbocycles. The molecule has 0 radical (unpaired) electrons. The van der Waals surface area contributed by atoms with E-state index in [-0.39, 0.29) is 0 Å². The normalized spacial score (nSPS) is 10.8. The summed E-state index contributed by atoms with van der Waals surface area (Å²) in [4.78, 5) is 9.52. The number of methoxy groups -OCH3 is 2. The summed E-state index contributed by atoms with van der Waals surface area (Å²) in [5.41, 5.74) is 2.65. The van der Waals surface area contributed by atoms with E-state index in [2.05, 4.69) is 20.4 Å². The van der Waals surface area contributed by atoms with Gasteiger partial charge in [0.1, 0.15) is 11.5 Å². The number of aromatic nitrogens is 4. The van der Waals surface area contributed by atoms with Crippen LogP contribution in [-0.4, -0.2) is 33.8 Å². The topological polar surface area (TPSA) is 73.6 Å². The van der Waals surface area contributed by atoms with Gasteiger partial charge < -0.3 is 14.8 Å². The first kappa shape index (κ1) is 15.4. The number of rotatable bonds is 5. The number of nitrogens with one attached hydrogen (secondary N) is 1. The fraction of sp³-hybridized carbons (Fsp3) is 0.118. The molecule has 0 aliphatic heterocycles. The van der Waals surface area contributed by atoms with Gasteiger partial charge in [0.05, 0.1) is 26.1 Å². The van der Waals surface area contributed by atoms with Crippen LogP contribution >= 0.6 is 11.3 Å². The van der Waals surface area contributed by atoms with Crippen LogP contribution < -0.4 is 14.8 Å². The number of anilines is 2. The van der Waals surface area contributed by atoms with E-state index in [1.165, 1.54) is 11.3 Å². The van der Waals surface area contributed by atoms with E-state index in [0.717, 1.165) is 27.0 Å². The lowest BCUT2D eigenvalue weighted by Gasteiger charge is -2.08. The van der Waals surface area contributed by atoms with Crippen molar-refractivity contribution in [3.8, 4) is 22.8 Å². The molecule has 7 nitrogen and oxygen atoms in total. The van der Waals surface area contributed by atoms with E-state index in [9.17, 15) is 0 Å². The van der Waals surface area contributed by atoms with Crippen molar-refractivity contribution in [1.82, 2.24) is 19.6 Å². The van der Waals surface area contributed by atoms with Gasteiger partial charge in [0.25, 0.3) is 0 Å². The second-order valence-electron chi connectivity index (χ2n) is 5.23. The number of fused-ring (bicyclic) bond motifs is 1. The van der Waals surface area contributed by atoms with E-state index >= 15 is 0 Å². The summed E-state index contributed by atoms with van der Waals surface area (Å²) in [5.74, 6) is 1.42. The van der Waals surface area contributed by atoms with Crippen molar-refractivity contribution >= 4 is 27.1 Å². The summed E-state index contributed by atoms with van der Waals surface area (Å²) in [6.07, 6.45) is 5.42. The van der Waals surface area contributed by atoms with E-state index in [0.29, 0.717) is 11.5 Å². The Bertz CT molecular complexity index is 959. The molecule has 0 spiro atoms. The van der Waals surface area contributed by atoms with E-state index in [1.807, 2.05) is 36.5 Å². The van der Waals surface area contributed by atoms with Crippen LogP contribution in [0.25, 0.3) is 16.2 Å². The van der Waals surface area contributed by atoms with Gasteiger partial charge >= 0.3 is 0 Å². The molecule has 4 aromatic rings. The van der Waals surface area contributed by atoms with Crippen molar-refractivity contribution < 1.29 is 9.47 Å². The Labute approximate surface area is 147 Å². The van der Waals surface area contributed by atoms with E-state index in [1.54, 1.807) is 31.1 Å². The maximum atomic E-state index is 5.28. The van der Waals surface area contributed by atoms with Gasteiger partial charge in [0.15, 0.2) is 0 Å². The standard InChI is InChI=1S/C17H15N5O2S/c1-23-13-6-12(7-14(8-13)24-2)19-16-21-22-10-15(20-17(22)25-16)11-4-3-5-18-9-11/h3-10H,1-2H3,(H,19,21). The van der Waals surface area contributed by atoms with E-state index < -0.39 is 0 Å². The molecule has 25 heavy (non-hydrogen) atoms. The third-order valence-electron chi connectivity index (χ3n) is 3.60. The third kappa shape index (κ3) is 3.11. The molecular weight excluding hydrogens is 338 g/mol. The molecule has 8 heteroatoms. The van der Waals surface area contributed by atoms with Crippen molar-refractivity contribution in [2.45, 2.75) is 0 Å². The zero-order chi connectivity index (χ0) is 17.2. The van der Waals surface area contributed by atoms with Crippen molar-refractivity contribution in [3.05, 3.63) is 48.9 Å². The van der Waals surface area contributed by atoms with Crippen molar-refractivity contribution in [2.75, 3.05) is 19.5 Å². The molecule has 1 N–H and O–H groups in total. The van der Waals surface area contributed by atoms with Gasteiger partial charge in [0.2, 0.25) is 10.1 Å². The molecule has 3 aromatic heterocycles. The number of benzene rings is 1. The molecule has 1 aromatic carbocycles. The zero-order valence-corrected chi connectivity index (χ0v) is 14.4. The second kappa shape index (κ2) is 6.40. The smallest absolute Gasteiger partial charge is 0.214 e. The first-order chi connectivity index (χ1) is 12.2. The summed E-state index contributed by atoms with van der Waals surface area (Å²) in [5, 5.41) is 8.52. The van der Waals surface area contributed by atoms with Crippen LogP contribution in [0.5, 0.6) is 11.5 Å². The maximum Gasteiger partial charge on any atom is 0.214 e. The zero-order valence-electron chi connectivity index (χ0n) is 13.6. The maximum absolute atomic E-state index is 5.28. The van der Waals surface area contributed by atoms with Crippen LogP contribution in [-0.2, 0) is 0 Å². The average molecular weight is 353 g/mol. The average Bonchev–Trinajstić information content (AvgIpc) is 3.20. The fourth-order valence-electron chi connectivity index (χ4n) is 2.41. The minimum absolute atomic E-state index is 0.710. The van der Waals surface area contributed by atoms with Crippen LogP contribution in [0.2, 0.25) is 0 Å². The van der Waals surface area contributed by atoms with Crippen LogP contribution in [0, 0.1) is 0 Å². The van der Waals surface area contributed by atoms with Crippen LogP contribution in [0.1, 0.15) is 0 Å². The number of hydrogen-bond acceptors (Lipinski definition) is 7. The Morgan fingerprint density at radius 1 is 1.12 bits per heavy atom. The summed E-state index contributed by atoms with van der Waals surface area (Å²) in [6, 6.07) is 9.45. The molecule has 0 aliphatic carbocycles. The largest absolute Gasteiger partial charge is 0.497 e. The highest BCUT2D eigenvalue weighted by molar-refractivity contribution is 7.20. The highest BCUT2D eigenvalue weighted by Crippen LogP contribution is 2.30. The molecule has 0 unspecified atom stereocenters. The third-order valence-corrected chi connectivity index (χ3v) is 4.44. The van der Waals surface area contributed by atoms with Gasteiger partial charge in [0, 0.05) is 41.8 Å². The first-order valence-corrected chi connectivity index (χ1v) is 8.33. The summed E-state index contributed by atoms with van der Waals surface area (Å²) in [6.45, 7) is 0. The Balaban J connectivity index is 1.62. The summed E-state index contributed by atoms with van der Waals surface area (Å²) in [7, 11) is 3.24. The molecule has 0 atom stereocenters. The van der Waals surface area contributed by atoms with E-state index in [4.69, 9.17) is 9.47 Å². The molecule has 0 amide bonds. The minimum atomic E-state index is 0.710. The molecule has 4 rings (SSSR count). The van der Waals surface area contributed by atoms with Gasteiger partial charge in [-0.25, -0.2) is 9.50 Å². The quantitative estimate of drug-likeness (QED) is 0.591. The second-order valence-corrected chi connectivity index (χ2v) is 6.18. The van der Waals surface area contributed by atoms with Crippen molar-refractivity contribution in [1.29, 1.82) is 0 Å². The molecule has 0 saturated heterocycles. The molecule has 0 bridgehead atoms. The molecular formula is C17H15N5O2S. The van der Waals surface area contributed by atoms with Gasteiger partial charge in [-0.15, -0.1) is 5.10 Å². The lowest BCUT2D eigenvalue weighted by Crippen LogP contribution is -1.94. The molecule has 0 aliphatic rings. The molecule has 0 fully saturated rings. The molecule has 126 valence electrons. The first-order valence-electron chi connectivity index (χ1n) is 7.52. The van der Waals surface area contributed by atoms with Crippen LogP contribution in [0.3, 0.4) is 0 Å². The Hall–Kier alpha value is -3.13. The van der Waals surface area contributed by atoms with Gasteiger partial charge in [-0.1, -0.05) is 11.3 Å². The lowest BCUT2D eigenvalue weighted by molar-refractivity contribution is 0.395. The Morgan fingerprint density at radius 3 is 2.56 bits per heavy atom.